The predicted molar refractivity (Wildman–Crippen MR) is 137 cm³/mol. The zero-order chi connectivity index (χ0) is 25.1. The van der Waals surface area contributed by atoms with Gasteiger partial charge in [0, 0.05) is 44.5 Å². The molecule has 10 heteroatoms. The molecule has 0 unspecified atom stereocenters. The van der Waals surface area contributed by atoms with Crippen LogP contribution in [0.25, 0.3) is 21.9 Å². The topological polar surface area (TPSA) is 117 Å². The smallest absolute Gasteiger partial charge is 0.314 e. The average Bonchev–Trinajstić information content (AvgIpc) is 3.50. The van der Waals surface area contributed by atoms with E-state index in [2.05, 4.69) is 56.7 Å². The Morgan fingerprint density at radius 3 is 2.81 bits per heavy atom. The summed E-state index contributed by atoms with van der Waals surface area (Å²) in [6.45, 7) is 5.53. The van der Waals surface area contributed by atoms with Crippen molar-refractivity contribution in [3.8, 4) is 0 Å². The van der Waals surface area contributed by atoms with Crippen LogP contribution in [0, 0.1) is 5.92 Å². The molecule has 0 saturated carbocycles. The van der Waals surface area contributed by atoms with Crippen molar-refractivity contribution in [2.75, 3.05) is 38.7 Å². The lowest BCUT2D eigenvalue weighted by atomic mass is 9.93. The second-order valence-electron chi connectivity index (χ2n) is 9.31. The molecule has 4 aromatic rings. The van der Waals surface area contributed by atoms with Crippen molar-refractivity contribution in [3.63, 3.8) is 0 Å². The number of aromatic amines is 1. The number of carbonyl (C=O) groups is 2. The molecule has 1 aliphatic heterocycles. The highest BCUT2D eigenvalue weighted by molar-refractivity contribution is 6.40. The Kier molecular flexibility index (Phi) is 6.97. The van der Waals surface area contributed by atoms with E-state index < -0.39 is 11.8 Å². The van der Waals surface area contributed by atoms with Crippen LogP contribution >= 0.6 is 0 Å². The number of ether oxygens (including phenoxy) is 1. The van der Waals surface area contributed by atoms with Gasteiger partial charge in [-0.3, -0.25) is 19.2 Å². The van der Waals surface area contributed by atoms with Gasteiger partial charge in [-0.05, 0) is 30.5 Å². The second-order valence-corrected chi connectivity index (χ2v) is 9.31. The summed E-state index contributed by atoms with van der Waals surface area (Å²) < 4.78 is 6.95. The number of rotatable bonds is 7. The molecule has 1 saturated heterocycles. The minimum Gasteiger partial charge on any atom is -0.383 e. The number of nitrogens with zero attached hydrogens (tertiary/aromatic N) is 4. The number of nitrogens with one attached hydrogen (secondary N) is 3. The van der Waals surface area contributed by atoms with Crippen LogP contribution in [0.4, 0.5) is 5.82 Å². The number of methoxy groups -OCH3 is 1. The first-order chi connectivity index (χ1) is 17.5. The molecule has 5 rings (SSSR count). The molecule has 2 atom stereocenters. The third-order valence-electron chi connectivity index (χ3n) is 6.85. The van der Waals surface area contributed by atoms with E-state index in [1.54, 1.807) is 6.20 Å². The molecular weight excluding hydrogens is 458 g/mol. The summed E-state index contributed by atoms with van der Waals surface area (Å²) in [5.41, 5.74) is 2.93. The van der Waals surface area contributed by atoms with Gasteiger partial charge in [0.05, 0.1) is 23.6 Å². The van der Waals surface area contributed by atoms with Crippen molar-refractivity contribution in [2.45, 2.75) is 25.9 Å². The van der Waals surface area contributed by atoms with Crippen molar-refractivity contribution in [2.24, 2.45) is 5.92 Å². The van der Waals surface area contributed by atoms with Gasteiger partial charge in [-0.15, -0.1) is 0 Å². The number of anilines is 1. The van der Waals surface area contributed by atoms with Crippen LogP contribution in [0.2, 0.25) is 0 Å². The number of H-pyrrole nitrogens is 1. The summed E-state index contributed by atoms with van der Waals surface area (Å²) in [6.07, 6.45) is 4.58. The standard InChI is InChI=1S/C26H31N7O3/c1-17-9-12-32(15-18-6-4-3-5-7-18)16-21(17)33-22-19-8-10-27-23(19)29-14-20(22)24(31-33)30-26(35)25(34)28-11-13-36-2/h3-8,10,14,17,21H,9,11-13,15-16H2,1-2H3,(H,27,29)(H,28,34)(H,30,31,35)/t17-,21+/m1/s1. The zero-order valence-electron chi connectivity index (χ0n) is 20.5. The fraction of sp³-hybridized carbons (Fsp3) is 0.385. The van der Waals surface area contributed by atoms with Crippen LogP contribution in [0.15, 0.2) is 48.8 Å². The van der Waals surface area contributed by atoms with Gasteiger partial charge in [0.25, 0.3) is 0 Å². The molecule has 188 valence electrons. The minimum absolute atomic E-state index is 0.0895. The SMILES string of the molecule is COCCNC(=O)C(=O)Nc1nn([C@H]2CN(Cc3ccccc3)CC[C@H]2C)c2c1cnc1[nH]ccc12. The second kappa shape index (κ2) is 10.5. The van der Waals surface area contributed by atoms with Gasteiger partial charge in [-0.2, -0.15) is 5.10 Å². The van der Waals surface area contributed by atoms with Crippen LogP contribution in [0.5, 0.6) is 0 Å². The first-order valence-corrected chi connectivity index (χ1v) is 12.2. The Morgan fingerprint density at radius 2 is 2.00 bits per heavy atom. The maximum absolute atomic E-state index is 12.6. The van der Waals surface area contributed by atoms with Crippen molar-refractivity contribution >= 4 is 39.6 Å². The molecule has 3 aromatic heterocycles. The number of carbonyl (C=O) groups excluding carboxylic acids is 2. The Labute approximate surface area is 209 Å². The van der Waals surface area contributed by atoms with E-state index in [1.165, 1.54) is 12.7 Å². The Balaban J connectivity index is 1.47. The number of likely N-dealkylation sites (tertiary alicyclic amines) is 1. The first kappa shape index (κ1) is 24.0. The number of pyridine rings is 1. The molecule has 1 aromatic carbocycles. The normalized spacial score (nSPS) is 18.5. The summed E-state index contributed by atoms with van der Waals surface area (Å²) in [7, 11) is 1.53. The Morgan fingerprint density at radius 1 is 1.17 bits per heavy atom. The quantitative estimate of drug-likeness (QED) is 0.271. The number of aromatic nitrogens is 4. The molecule has 0 radical (unpaired) electrons. The summed E-state index contributed by atoms with van der Waals surface area (Å²) >= 11 is 0. The van der Waals surface area contributed by atoms with Crippen molar-refractivity contribution < 1.29 is 14.3 Å². The number of piperidine rings is 1. The van der Waals surface area contributed by atoms with Gasteiger partial charge >= 0.3 is 11.8 Å². The fourth-order valence-electron chi connectivity index (χ4n) is 4.89. The summed E-state index contributed by atoms with van der Waals surface area (Å²) in [6, 6.07) is 12.5. The highest BCUT2D eigenvalue weighted by Crippen LogP contribution is 2.36. The van der Waals surface area contributed by atoms with Crippen LogP contribution in [-0.2, 0) is 20.9 Å². The number of fused-ring (bicyclic) bond motifs is 3. The lowest BCUT2D eigenvalue weighted by molar-refractivity contribution is -0.136. The van der Waals surface area contributed by atoms with E-state index in [1.807, 2.05) is 23.0 Å². The summed E-state index contributed by atoms with van der Waals surface area (Å²) in [4.78, 5) is 35.0. The van der Waals surface area contributed by atoms with Gasteiger partial charge in [0.15, 0.2) is 5.82 Å². The Bertz CT molecular complexity index is 1360. The minimum atomic E-state index is -0.769. The fourth-order valence-corrected chi connectivity index (χ4v) is 4.89. The molecule has 0 aliphatic carbocycles. The summed E-state index contributed by atoms with van der Waals surface area (Å²) in [5, 5.41) is 11.7. The third kappa shape index (κ3) is 4.82. The monoisotopic (exact) mass is 489 g/mol. The number of benzene rings is 1. The first-order valence-electron chi connectivity index (χ1n) is 12.2. The molecule has 0 spiro atoms. The molecule has 2 amide bonds. The number of amides is 2. The lowest BCUT2D eigenvalue weighted by Gasteiger charge is -2.37. The van der Waals surface area contributed by atoms with Crippen LogP contribution < -0.4 is 10.6 Å². The van der Waals surface area contributed by atoms with E-state index in [0.29, 0.717) is 23.7 Å². The van der Waals surface area contributed by atoms with E-state index >= 15 is 0 Å². The summed E-state index contributed by atoms with van der Waals surface area (Å²) in [5.74, 6) is -0.789. The average molecular weight is 490 g/mol. The van der Waals surface area contributed by atoms with E-state index in [0.717, 1.165) is 42.6 Å². The molecule has 1 aliphatic rings. The highest BCUT2D eigenvalue weighted by Gasteiger charge is 2.31. The van der Waals surface area contributed by atoms with Crippen LogP contribution in [-0.4, -0.2) is 69.8 Å². The highest BCUT2D eigenvalue weighted by atomic mass is 16.5. The molecule has 4 heterocycles. The molecule has 36 heavy (non-hydrogen) atoms. The van der Waals surface area contributed by atoms with Crippen molar-refractivity contribution in [3.05, 3.63) is 54.4 Å². The van der Waals surface area contributed by atoms with Crippen LogP contribution in [0.3, 0.4) is 0 Å². The molecule has 1 fully saturated rings. The maximum Gasteiger partial charge on any atom is 0.314 e. The van der Waals surface area contributed by atoms with E-state index in [-0.39, 0.29) is 12.6 Å². The number of hydrogen-bond donors (Lipinski definition) is 3. The largest absolute Gasteiger partial charge is 0.383 e. The molecule has 0 bridgehead atoms. The molecular formula is C26H31N7O3. The number of hydrogen-bond acceptors (Lipinski definition) is 6. The van der Waals surface area contributed by atoms with E-state index in [9.17, 15) is 9.59 Å². The van der Waals surface area contributed by atoms with E-state index in [4.69, 9.17) is 9.84 Å². The molecule has 3 N–H and O–H groups in total. The zero-order valence-corrected chi connectivity index (χ0v) is 20.5. The predicted octanol–water partition coefficient (Wildman–Crippen LogP) is 2.70. The third-order valence-corrected chi connectivity index (χ3v) is 6.85. The molecule has 10 nitrogen and oxygen atoms in total. The van der Waals surface area contributed by atoms with Crippen molar-refractivity contribution in [1.29, 1.82) is 0 Å². The van der Waals surface area contributed by atoms with Gasteiger partial charge in [-0.25, -0.2) is 4.98 Å². The van der Waals surface area contributed by atoms with Gasteiger partial charge in [0.2, 0.25) is 0 Å². The van der Waals surface area contributed by atoms with Gasteiger partial charge < -0.3 is 20.4 Å². The Hall–Kier alpha value is -3.76. The van der Waals surface area contributed by atoms with Crippen molar-refractivity contribution in [1.82, 2.24) is 30.0 Å². The van der Waals surface area contributed by atoms with Gasteiger partial charge in [-0.1, -0.05) is 37.3 Å². The maximum atomic E-state index is 12.6. The van der Waals surface area contributed by atoms with Crippen LogP contribution in [0.1, 0.15) is 24.9 Å². The lowest BCUT2D eigenvalue weighted by Crippen LogP contribution is -2.40. The van der Waals surface area contributed by atoms with Gasteiger partial charge in [0.1, 0.15) is 5.65 Å².